The molecule has 3 nitrogen and oxygen atoms in total. The van der Waals surface area contributed by atoms with Gasteiger partial charge in [-0.15, -0.1) is 0 Å². The highest BCUT2D eigenvalue weighted by Crippen LogP contribution is 2.37. The third-order valence-electron chi connectivity index (χ3n) is 5.18. The molecule has 0 spiro atoms. The second-order valence-corrected chi connectivity index (χ2v) is 8.37. The van der Waals surface area contributed by atoms with Gasteiger partial charge in [0.25, 0.3) is 0 Å². The summed E-state index contributed by atoms with van der Waals surface area (Å²) in [5.41, 5.74) is 5.59. The minimum absolute atomic E-state index is 0.0701. The van der Waals surface area contributed by atoms with Crippen molar-refractivity contribution < 1.29 is 0 Å². The molecule has 1 unspecified atom stereocenters. The largest absolute Gasteiger partial charge is 0.348 e. The zero-order valence-corrected chi connectivity index (χ0v) is 18.1. The number of halogens is 2. The SMILES string of the molecule is Cc1ccc(NC(=S)N2CCn3cccc3C2c2ccc(Cl)cc2Cl)c(C)c1. The molecule has 2 heterocycles. The van der Waals surface area contributed by atoms with E-state index in [1.54, 1.807) is 6.07 Å². The quantitative estimate of drug-likeness (QED) is 0.488. The zero-order chi connectivity index (χ0) is 19.8. The number of rotatable bonds is 2. The summed E-state index contributed by atoms with van der Waals surface area (Å²) in [7, 11) is 0. The monoisotopic (exact) mass is 429 g/mol. The first-order valence-electron chi connectivity index (χ1n) is 9.19. The normalized spacial score (nSPS) is 16.0. The highest BCUT2D eigenvalue weighted by Gasteiger charge is 2.32. The Morgan fingerprint density at radius 3 is 2.64 bits per heavy atom. The maximum atomic E-state index is 6.59. The lowest BCUT2D eigenvalue weighted by Gasteiger charge is -2.39. The summed E-state index contributed by atoms with van der Waals surface area (Å²) < 4.78 is 2.26. The zero-order valence-electron chi connectivity index (χ0n) is 15.7. The number of nitrogens with one attached hydrogen (secondary N) is 1. The fourth-order valence-electron chi connectivity index (χ4n) is 3.79. The van der Waals surface area contributed by atoms with E-state index >= 15 is 0 Å². The molecule has 0 fully saturated rings. The molecular weight excluding hydrogens is 409 g/mol. The van der Waals surface area contributed by atoms with Gasteiger partial charge in [-0.05, 0) is 67.5 Å². The maximum absolute atomic E-state index is 6.59. The predicted molar refractivity (Wildman–Crippen MR) is 122 cm³/mol. The van der Waals surface area contributed by atoms with Crippen LogP contribution in [-0.4, -0.2) is 21.1 Å². The van der Waals surface area contributed by atoms with Crippen molar-refractivity contribution in [2.45, 2.75) is 26.4 Å². The van der Waals surface area contributed by atoms with Crippen LogP contribution in [0.1, 0.15) is 28.4 Å². The van der Waals surface area contributed by atoms with Crippen molar-refractivity contribution in [3.8, 4) is 0 Å². The van der Waals surface area contributed by atoms with Gasteiger partial charge in [0.2, 0.25) is 0 Å². The Balaban J connectivity index is 1.71. The summed E-state index contributed by atoms with van der Waals surface area (Å²) in [5.74, 6) is 0. The Morgan fingerprint density at radius 2 is 1.89 bits per heavy atom. The third kappa shape index (κ3) is 3.64. The molecule has 0 amide bonds. The number of benzene rings is 2. The highest BCUT2D eigenvalue weighted by atomic mass is 35.5. The predicted octanol–water partition coefficient (Wildman–Crippen LogP) is 6.21. The van der Waals surface area contributed by atoms with Crippen molar-refractivity contribution in [2.75, 3.05) is 11.9 Å². The second kappa shape index (κ2) is 7.78. The lowest BCUT2D eigenvalue weighted by molar-refractivity contribution is 0.293. The Hall–Kier alpha value is -2.01. The van der Waals surface area contributed by atoms with Crippen LogP contribution in [0.3, 0.4) is 0 Å². The maximum Gasteiger partial charge on any atom is 0.174 e. The summed E-state index contributed by atoms with van der Waals surface area (Å²) in [6.45, 7) is 5.85. The molecule has 3 aromatic rings. The lowest BCUT2D eigenvalue weighted by Crippen LogP contribution is -2.44. The Bertz CT molecular complexity index is 1040. The van der Waals surface area contributed by atoms with Crippen LogP contribution in [0, 0.1) is 13.8 Å². The van der Waals surface area contributed by atoms with Crippen LogP contribution in [-0.2, 0) is 6.54 Å². The van der Waals surface area contributed by atoms with Gasteiger partial charge in [-0.25, -0.2) is 0 Å². The summed E-state index contributed by atoms with van der Waals surface area (Å²) in [5, 5.41) is 5.40. The number of nitrogens with zero attached hydrogens (tertiary/aromatic N) is 2. The van der Waals surface area contributed by atoms with E-state index in [1.165, 1.54) is 16.8 Å². The van der Waals surface area contributed by atoms with Crippen molar-refractivity contribution in [3.05, 3.63) is 87.2 Å². The van der Waals surface area contributed by atoms with Crippen LogP contribution in [0.5, 0.6) is 0 Å². The van der Waals surface area contributed by atoms with Gasteiger partial charge < -0.3 is 14.8 Å². The van der Waals surface area contributed by atoms with E-state index in [0.29, 0.717) is 15.2 Å². The third-order valence-corrected chi connectivity index (χ3v) is 6.08. The number of hydrogen-bond donors (Lipinski definition) is 1. The second-order valence-electron chi connectivity index (χ2n) is 7.14. The summed E-state index contributed by atoms with van der Waals surface area (Å²) >= 11 is 18.5. The van der Waals surface area contributed by atoms with E-state index in [0.717, 1.165) is 24.3 Å². The van der Waals surface area contributed by atoms with Crippen LogP contribution in [0.25, 0.3) is 0 Å². The Kier molecular flexibility index (Phi) is 5.37. The van der Waals surface area contributed by atoms with Gasteiger partial charge >= 0.3 is 0 Å². The van der Waals surface area contributed by atoms with Gasteiger partial charge in [-0.1, -0.05) is 47.0 Å². The molecule has 0 radical (unpaired) electrons. The fraction of sp³-hybridized carbons (Fsp3) is 0.227. The van der Waals surface area contributed by atoms with Crippen LogP contribution in [0.4, 0.5) is 5.69 Å². The minimum Gasteiger partial charge on any atom is -0.348 e. The molecule has 144 valence electrons. The van der Waals surface area contributed by atoms with Gasteiger partial charge in [0.15, 0.2) is 5.11 Å². The lowest BCUT2D eigenvalue weighted by atomic mass is 10.00. The van der Waals surface area contributed by atoms with Crippen LogP contribution in [0.2, 0.25) is 10.0 Å². The van der Waals surface area contributed by atoms with Crippen molar-refractivity contribution in [1.82, 2.24) is 9.47 Å². The summed E-state index contributed by atoms with van der Waals surface area (Å²) in [6.07, 6.45) is 2.10. The van der Waals surface area contributed by atoms with Crippen molar-refractivity contribution in [2.24, 2.45) is 0 Å². The number of aryl methyl sites for hydroxylation is 2. The molecular formula is C22H21Cl2N3S. The summed E-state index contributed by atoms with van der Waals surface area (Å²) in [4.78, 5) is 2.21. The molecule has 0 saturated carbocycles. The average Bonchev–Trinajstić information content (AvgIpc) is 3.12. The van der Waals surface area contributed by atoms with Gasteiger partial charge in [0.1, 0.15) is 0 Å². The Morgan fingerprint density at radius 1 is 1.07 bits per heavy atom. The molecule has 2 aromatic carbocycles. The molecule has 0 bridgehead atoms. The van der Waals surface area contributed by atoms with Crippen molar-refractivity contribution in [3.63, 3.8) is 0 Å². The number of thiocarbonyl (C=S) groups is 1. The molecule has 1 N–H and O–H groups in total. The van der Waals surface area contributed by atoms with Gasteiger partial charge in [-0.3, -0.25) is 0 Å². The molecule has 0 saturated heterocycles. The van der Waals surface area contributed by atoms with Gasteiger partial charge in [-0.2, -0.15) is 0 Å². The minimum atomic E-state index is -0.0701. The molecule has 4 rings (SSSR count). The molecule has 6 heteroatoms. The van der Waals surface area contributed by atoms with E-state index in [4.69, 9.17) is 35.4 Å². The van der Waals surface area contributed by atoms with E-state index in [1.807, 2.05) is 12.1 Å². The standard InChI is InChI=1S/C22H21Cl2N3S/c1-14-5-8-19(15(2)12-14)25-22(28)27-11-10-26-9-3-4-20(26)21(27)17-7-6-16(23)13-18(17)24/h3-9,12-13,21H,10-11H2,1-2H3,(H,25,28). The summed E-state index contributed by atoms with van der Waals surface area (Å²) in [6, 6.07) is 16.1. The number of aromatic nitrogens is 1. The molecule has 1 atom stereocenters. The first-order chi connectivity index (χ1) is 13.4. The molecule has 1 aliphatic rings. The number of hydrogen-bond acceptors (Lipinski definition) is 1. The molecule has 0 aliphatic carbocycles. The van der Waals surface area contributed by atoms with Crippen molar-refractivity contribution in [1.29, 1.82) is 0 Å². The van der Waals surface area contributed by atoms with Crippen molar-refractivity contribution >= 4 is 46.2 Å². The van der Waals surface area contributed by atoms with E-state index in [-0.39, 0.29) is 6.04 Å². The van der Waals surface area contributed by atoms with Gasteiger partial charge in [0.05, 0.1) is 6.04 Å². The molecule has 1 aromatic heterocycles. The van der Waals surface area contributed by atoms with Crippen LogP contribution < -0.4 is 5.32 Å². The number of fused-ring (bicyclic) bond motifs is 1. The average molecular weight is 430 g/mol. The number of anilines is 1. The van der Waals surface area contributed by atoms with Gasteiger partial charge in [0, 0.05) is 40.7 Å². The van der Waals surface area contributed by atoms with E-state index in [9.17, 15) is 0 Å². The first kappa shape index (κ1) is 19.3. The van der Waals surface area contributed by atoms with E-state index < -0.39 is 0 Å². The van der Waals surface area contributed by atoms with Crippen LogP contribution in [0.15, 0.2) is 54.7 Å². The molecule has 1 aliphatic heterocycles. The highest BCUT2D eigenvalue weighted by molar-refractivity contribution is 7.80. The molecule has 28 heavy (non-hydrogen) atoms. The fourth-order valence-corrected chi connectivity index (χ4v) is 4.61. The topological polar surface area (TPSA) is 20.2 Å². The Labute approximate surface area is 180 Å². The smallest absolute Gasteiger partial charge is 0.174 e. The first-order valence-corrected chi connectivity index (χ1v) is 10.4. The van der Waals surface area contributed by atoms with Crippen LogP contribution >= 0.6 is 35.4 Å². The van der Waals surface area contributed by atoms with E-state index in [2.05, 4.69) is 65.2 Å².